The zero-order valence-corrected chi connectivity index (χ0v) is 8.12. The van der Waals surface area contributed by atoms with E-state index in [0.29, 0.717) is 0 Å². The van der Waals surface area contributed by atoms with Crippen LogP contribution in [0.3, 0.4) is 0 Å². The molecule has 3 heteroatoms. The Labute approximate surface area is 78.6 Å². The summed E-state index contributed by atoms with van der Waals surface area (Å²) < 4.78 is 0. The third-order valence-corrected chi connectivity index (χ3v) is 2.58. The quantitative estimate of drug-likeness (QED) is 0.765. The molecule has 1 fully saturated rings. The lowest BCUT2D eigenvalue weighted by atomic mass is 10.3. The van der Waals surface area contributed by atoms with Crippen LogP contribution >= 0.6 is 0 Å². The fourth-order valence-electron chi connectivity index (χ4n) is 1.47. The minimum Gasteiger partial charge on any atom is -0.368 e. The number of aryl methyl sites for hydroxylation is 1. The van der Waals surface area contributed by atoms with E-state index >= 15 is 0 Å². The molecule has 1 saturated carbocycles. The molecule has 13 heavy (non-hydrogen) atoms. The molecule has 1 N–H and O–H groups in total. The predicted octanol–water partition coefficient (Wildman–Crippen LogP) is 1.85. The number of hydrogen-bond acceptors (Lipinski definition) is 3. The molecule has 1 aliphatic rings. The number of aromatic nitrogens is 2. The van der Waals surface area contributed by atoms with E-state index in [-0.39, 0.29) is 0 Å². The number of hydrogen-bond donors (Lipinski definition) is 1. The summed E-state index contributed by atoms with van der Waals surface area (Å²) in [6.07, 6.45) is 4.90. The third-order valence-electron chi connectivity index (χ3n) is 2.58. The van der Waals surface area contributed by atoms with E-state index in [1.54, 1.807) is 12.4 Å². The van der Waals surface area contributed by atoms with Crippen LogP contribution in [0.5, 0.6) is 0 Å². The van der Waals surface area contributed by atoms with E-state index in [0.717, 1.165) is 29.9 Å². The Hall–Kier alpha value is -1.12. The van der Waals surface area contributed by atoms with Gasteiger partial charge in [0, 0.05) is 12.7 Å². The average Bonchev–Trinajstić information content (AvgIpc) is 2.79. The summed E-state index contributed by atoms with van der Waals surface area (Å²) in [4.78, 5) is 8.40. The maximum atomic E-state index is 4.32. The van der Waals surface area contributed by atoms with Crippen molar-refractivity contribution in [3.05, 3.63) is 18.1 Å². The van der Waals surface area contributed by atoms with Crippen LogP contribution in [0.15, 0.2) is 12.4 Å². The first kappa shape index (κ1) is 8.48. The van der Waals surface area contributed by atoms with Gasteiger partial charge in [0.2, 0.25) is 0 Å². The topological polar surface area (TPSA) is 37.8 Å². The lowest BCUT2D eigenvalue weighted by Crippen LogP contribution is -2.06. The second kappa shape index (κ2) is 3.32. The zero-order valence-electron chi connectivity index (χ0n) is 8.12. The molecule has 0 amide bonds. The summed E-state index contributed by atoms with van der Waals surface area (Å²) >= 11 is 0. The van der Waals surface area contributed by atoms with Gasteiger partial charge in [-0.15, -0.1) is 0 Å². The summed E-state index contributed by atoms with van der Waals surface area (Å²) in [6.45, 7) is 5.28. The molecule has 70 valence electrons. The molecule has 2 rings (SSSR count). The monoisotopic (exact) mass is 177 g/mol. The molecule has 0 spiro atoms. The van der Waals surface area contributed by atoms with Gasteiger partial charge in [0.05, 0.1) is 11.9 Å². The molecule has 1 heterocycles. The standard InChI is InChI=1S/C10H15N3/c1-7-3-9(7)5-12-10-6-11-4-8(2)13-10/h4,6-7,9H,3,5H2,1-2H3,(H,12,13). The van der Waals surface area contributed by atoms with E-state index in [1.807, 2.05) is 6.92 Å². The van der Waals surface area contributed by atoms with Crippen molar-refractivity contribution in [3.63, 3.8) is 0 Å². The summed E-state index contributed by atoms with van der Waals surface area (Å²) in [7, 11) is 0. The smallest absolute Gasteiger partial charge is 0.144 e. The Kier molecular flexibility index (Phi) is 2.17. The molecule has 0 aromatic carbocycles. The summed E-state index contributed by atoms with van der Waals surface area (Å²) in [6, 6.07) is 0. The van der Waals surface area contributed by atoms with Gasteiger partial charge < -0.3 is 5.32 Å². The molecule has 1 aromatic rings. The van der Waals surface area contributed by atoms with Gasteiger partial charge in [0.1, 0.15) is 5.82 Å². The SMILES string of the molecule is Cc1cncc(NCC2CC2C)n1. The second-order valence-electron chi connectivity index (χ2n) is 3.90. The van der Waals surface area contributed by atoms with Gasteiger partial charge >= 0.3 is 0 Å². The summed E-state index contributed by atoms with van der Waals surface area (Å²) in [5, 5.41) is 3.30. The molecular formula is C10H15N3. The maximum absolute atomic E-state index is 4.32. The second-order valence-corrected chi connectivity index (χ2v) is 3.90. The zero-order chi connectivity index (χ0) is 9.26. The van der Waals surface area contributed by atoms with Crippen LogP contribution in [0.4, 0.5) is 5.82 Å². The van der Waals surface area contributed by atoms with Crippen molar-refractivity contribution in [2.75, 3.05) is 11.9 Å². The Balaban J connectivity index is 1.87. The van der Waals surface area contributed by atoms with Crippen molar-refractivity contribution < 1.29 is 0 Å². The lowest BCUT2D eigenvalue weighted by molar-refractivity contribution is 0.783. The minimum atomic E-state index is 0.849. The van der Waals surface area contributed by atoms with E-state index in [1.165, 1.54) is 6.42 Å². The van der Waals surface area contributed by atoms with Gasteiger partial charge in [0.15, 0.2) is 0 Å². The van der Waals surface area contributed by atoms with Crippen LogP contribution in [0, 0.1) is 18.8 Å². The predicted molar refractivity (Wildman–Crippen MR) is 52.5 cm³/mol. The Morgan fingerprint density at radius 3 is 2.92 bits per heavy atom. The molecule has 1 aliphatic carbocycles. The van der Waals surface area contributed by atoms with E-state index in [9.17, 15) is 0 Å². The Bertz CT molecular complexity index is 298. The molecule has 3 nitrogen and oxygen atoms in total. The van der Waals surface area contributed by atoms with Crippen LogP contribution < -0.4 is 5.32 Å². The average molecular weight is 177 g/mol. The molecule has 0 saturated heterocycles. The van der Waals surface area contributed by atoms with E-state index in [4.69, 9.17) is 0 Å². The highest BCUT2D eigenvalue weighted by Gasteiger charge is 2.31. The van der Waals surface area contributed by atoms with Crippen LogP contribution in [0.2, 0.25) is 0 Å². The van der Waals surface area contributed by atoms with Crippen LogP contribution in [-0.2, 0) is 0 Å². The maximum Gasteiger partial charge on any atom is 0.144 e. The fourth-order valence-corrected chi connectivity index (χ4v) is 1.47. The van der Waals surface area contributed by atoms with Crippen molar-refractivity contribution in [2.45, 2.75) is 20.3 Å². The molecular weight excluding hydrogens is 162 g/mol. The normalized spacial score (nSPS) is 25.7. The Morgan fingerprint density at radius 2 is 2.31 bits per heavy atom. The fraction of sp³-hybridized carbons (Fsp3) is 0.600. The van der Waals surface area contributed by atoms with Crippen LogP contribution in [-0.4, -0.2) is 16.5 Å². The highest BCUT2D eigenvalue weighted by atomic mass is 15.0. The van der Waals surface area contributed by atoms with E-state index < -0.39 is 0 Å². The van der Waals surface area contributed by atoms with Gasteiger partial charge in [-0.2, -0.15) is 0 Å². The largest absolute Gasteiger partial charge is 0.368 e. The molecule has 0 aliphatic heterocycles. The summed E-state index contributed by atoms with van der Waals surface area (Å²) in [5.41, 5.74) is 0.967. The Morgan fingerprint density at radius 1 is 1.54 bits per heavy atom. The molecule has 2 unspecified atom stereocenters. The van der Waals surface area contributed by atoms with Crippen LogP contribution in [0.1, 0.15) is 19.0 Å². The van der Waals surface area contributed by atoms with E-state index in [2.05, 4.69) is 22.2 Å². The minimum absolute atomic E-state index is 0.849. The van der Waals surface area contributed by atoms with Crippen LogP contribution in [0.25, 0.3) is 0 Å². The van der Waals surface area contributed by atoms with Gasteiger partial charge in [-0.3, -0.25) is 4.98 Å². The van der Waals surface area contributed by atoms with Crippen molar-refractivity contribution in [2.24, 2.45) is 11.8 Å². The van der Waals surface area contributed by atoms with Crippen molar-refractivity contribution in [1.82, 2.24) is 9.97 Å². The van der Waals surface area contributed by atoms with Crippen molar-refractivity contribution in [3.8, 4) is 0 Å². The van der Waals surface area contributed by atoms with Gasteiger partial charge in [0.25, 0.3) is 0 Å². The number of nitrogens with zero attached hydrogens (tertiary/aromatic N) is 2. The molecule has 0 bridgehead atoms. The van der Waals surface area contributed by atoms with Crippen molar-refractivity contribution in [1.29, 1.82) is 0 Å². The number of nitrogens with one attached hydrogen (secondary N) is 1. The number of rotatable bonds is 3. The van der Waals surface area contributed by atoms with Gasteiger partial charge in [-0.25, -0.2) is 4.98 Å². The molecule has 2 atom stereocenters. The van der Waals surface area contributed by atoms with Gasteiger partial charge in [-0.1, -0.05) is 6.92 Å². The highest BCUT2D eigenvalue weighted by molar-refractivity contribution is 5.31. The molecule has 0 radical (unpaired) electrons. The third kappa shape index (κ3) is 2.17. The first-order valence-electron chi connectivity index (χ1n) is 4.78. The number of anilines is 1. The lowest BCUT2D eigenvalue weighted by Gasteiger charge is -2.03. The summed E-state index contributed by atoms with van der Waals surface area (Å²) in [5.74, 6) is 2.65. The van der Waals surface area contributed by atoms with Gasteiger partial charge in [-0.05, 0) is 25.2 Å². The highest BCUT2D eigenvalue weighted by Crippen LogP contribution is 2.37. The first-order chi connectivity index (χ1) is 6.25. The molecule has 1 aromatic heterocycles. The van der Waals surface area contributed by atoms with Crippen molar-refractivity contribution >= 4 is 5.82 Å². The first-order valence-corrected chi connectivity index (χ1v) is 4.78.